The summed E-state index contributed by atoms with van der Waals surface area (Å²) in [4.78, 5) is 18.9. The molecule has 1 aliphatic heterocycles. The fourth-order valence-corrected chi connectivity index (χ4v) is 2.76. The van der Waals surface area contributed by atoms with E-state index in [1.165, 1.54) is 4.52 Å². The molecule has 130 valence electrons. The van der Waals surface area contributed by atoms with E-state index in [9.17, 15) is 4.79 Å². The van der Waals surface area contributed by atoms with Crippen molar-refractivity contribution in [3.8, 4) is 0 Å². The number of aromatic nitrogens is 3. The largest absolute Gasteiger partial charge is 0.376 e. The van der Waals surface area contributed by atoms with Gasteiger partial charge in [0.05, 0.1) is 18.4 Å². The van der Waals surface area contributed by atoms with Gasteiger partial charge in [-0.15, -0.1) is 24.8 Å². The van der Waals surface area contributed by atoms with E-state index >= 15 is 0 Å². The van der Waals surface area contributed by atoms with Crippen LogP contribution in [0.4, 0.5) is 0 Å². The van der Waals surface area contributed by atoms with Crippen molar-refractivity contribution in [3.05, 3.63) is 33.9 Å². The van der Waals surface area contributed by atoms with Gasteiger partial charge in [0.25, 0.3) is 5.56 Å². The molecule has 1 aliphatic rings. The van der Waals surface area contributed by atoms with Crippen molar-refractivity contribution in [2.45, 2.75) is 26.0 Å². The number of nitrogens with one attached hydrogen (secondary N) is 1. The summed E-state index contributed by atoms with van der Waals surface area (Å²) in [6.45, 7) is 5.61. The van der Waals surface area contributed by atoms with Crippen LogP contribution in [-0.2, 0) is 11.3 Å². The Hall–Kier alpha value is -1.12. The maximum absolute atomic E-state index is 12.1. The molecule has 0 saturated carbocycles. The number of nitrogens with two attached hydrogens (primary N) is 1. The number of aryl methyl sites for hydroxylation is 1. The van der Waals surface area contributed by atoms with Gasteiger partial charge in [0.15, 0.2) is 5.65 Å². The number of hydrogen-bond donors (Lipinski definition) is 2. The topological polar surface area (TPSA) is 88.7 Å². The van der Waals surface area contributed by atoms with Gasteiger partial charge in [-0.1, -0.05) is 0 Å². The van der Waals surface area contributed by atoms with Crippen molar-refractivity contribution in [1.29, 1.82) is 0 Å². The second-order valence-corrected chi connectivity index (χ2v) is 5.52. The number of aromatic amines is 1. The molecule has 0 spiro atoms. The highest BCUT2D eigenvalue weighted by atomic mass is 35.5. The Bertz CT molecular complexity index is 685. The molecule has 1 saturated heterocycles. The van der Waals surface area contributed by atoms with Gasteiger partial charge in [0.1, 0.15) is 0 Å². The first-order valence-corrected chi connectivity index (χ1v) is 7.28. The third-order valence-electron chi connectivity index (χ3n) is 3.73. The molecule has 23 heavy (non-hydrogen) atoms. The number of ether oxygens (including phenoxy) is 1. The molecule has 0 radical (unpaired) electrons. The summed E-state index contributed by atoms with van der Waals surface area (Å²) in [5, 5.41) is 2.98. The Morgan fingerprint density at radius 1 is 1.43 bits per heavy atom. The molecule has 9 heteroatoms. The van der Waals surface area contributed by atoms with Gasteiger partial charge in [-0.25, -0.2) is 9.50 Å². The van der Waals surface area contributed by atoms with Gasteiger partial charge in [0.2, 0.25) is 0 Å². The molecule has 1 fully saturated rings. The molecule has 1 atom stereocenters. The lowest BCUT2D eigenvalue weighted by molar-refractivity contribution is -0.0338. The maximum atomic E-state index is 12.1. The summed E-state index contributed by atoms with van der Waals surface area (Å²) in [7, 11) is 0. The number of morpholine rings is 1. The SMILES string of the molecule is Cc1cc2nc(CN3CCOC(CCN)C3)cc(=O)n2[nH]1.Cl.Cl. The van der Waals surface area contributed by atoms with Crippen LogP contribution in [0.1, 0.15) is 17.8 Å². The molecule has 3 heterocycles. The van der Waals surface area contributed by atoms with Gasteiger partial charge in [-0.3, -0.25) is 14.8 Å². The van der Waals surface area contributed by atoms with E-state index in [2.05, 4.69) is 15.0 Å². The lowest BCUT2D eigenvalue weighted by Gasteiger charge is -2.32. The molecule has 0 bridgehead atoms. The summed E-state index contributed by atoms with van der Waals surface area (Å²) in [6, 6.07) is 3.47. The normalized spacial score (nSPS) is 18.4. The minimum atomic E-state index is -0.0742. The fraction of sp³-hybridized carbons (Fsp3) is 0.571. The van der Waals surface area contributed by atoms with Crippen molar-refractivity contribution >= 4 is 30.5 Å². The van der Waals surface area contributed by atoms with Crippen LogP contribution in [0, 0.1) is 6.92 Å². The molecule has 2 aromatic heterocycles. The minimum absolute atomic E-state index is 0. The third-order valence-corrected chi connectivity index (χ3v) is 3.73. The van der Waals surface area contributed by atoms with Crippen LogP contribution in [0.25, 0.3) is 5.65 Å². The first-order chi connectivity index (χ1) is 10.2. The van der Waals surface area contributed by atoms with Crippen LogP contribution < -0.4 is 11.3 Å². The molecule has 2 aromatic rings. The molecule has 7 nitrogen and oxygen atoms in total. The minimum Gasteiger partial charge on any atom is -0.376 e. The second kappa shape index (κ2) is 8.65. The zero-order valence-corrected chi connectivity index (χ0v) is 14.7. The average Bonchev–Trinajstić information content (AvgIpc) is 2.81. The molecule has 0 amide bonds. The molecule has 0 aliphatic carbocycles. The van der Waals surface area contributed by atoms with Gasteiger partial charge in [-0.2, -0.15) is 0 Å². The number of nitrogens with zero attached hydrogens (tertiary/aromatic N) is 3. The zero-order chi connectivity index (χ0) is 14.8. The predicted molar refractivity (Wildman–Crippen MR) is 93.7 cm³/mol. The molecular weight excluding hydrogens is 341 g/mol. The quantitative estimate of drug-likeness (QED) is 0.835. The molecule has 3 rings (SSSR count). The van der Waals surface area contributed by atoms with Gasteiger partial charge >= 0.3 is 0 Å². The van der Waals surface area contributed by atoms with Crippen LogP contribution in [0.15, 0.2) is 16.9 Å². The van der Waals surface area contributed by atoms with E-state index in [0.29, 0.717) is 25.3 Å². The summed E-state index contributed by atoms with van der Waals surface area (Å²) in [6.07, 6.45) is 1.05. The summed E-state index contributed by atoms with van der Waals surface area (Å²) in [5.41, 5.74) is 7.90. The van der Waals surface area contributed by atoms with E-state index in [1.54, 1.807) is 6.07 Å². The van der Waals surface area contributed by atoms with Gasteiger partial charge < -0.3 is 10.5 Å². The highest BCUT2D eigenvalue weighted by molar-refractivity contribution is 5.85. The first-order valence-electron chi connectivity index (χ1n) is 7.28. The summed E-state index contributed by atoms with van der Waals surface area (Å²) in [5.74, 6) is 0. The lowest BCUT2D eigenvalue weighted by Crippen LogP contribution is -2.43. The molecule has 3 N–H and O–H groups in total. The Kier molecular flexibility index (Phi) is 7.50. The van der Waals surface area contributed by atoms with Gasteiger partial charge in [-0.05, 0) is 19.9 Å². The van der Waals surface area contributed by atoms with E-state index in [1.807, 2.05) is 13.0 Å². The fourth-order valence-electron chi connectivity index (χ4n) is 2.76. The van der Waals surface area contributed by atoms with Crippen LogP contribution >= 0.6 is 24.8 Å². The van der Waals surface area contributed by atoms with Crippen LogP contribution in [-0.4, -0.2) is 51.8 Å². The van der Waals surface area contributed by atoms with Crippen LogP contribution in [0.2, 0.25) is 0 Å². The Balaban J connectivity index is 0.00000132. The average molecular weight is 364 g/mol. The summed E-state index contributed by atoms with van der Waals surface area (Å²) < 4.78 is 7.14. The van der Waals surface area contributed by atoms with Crippen molar-refractivity contribution in [3.63, 3.8) is 0 Å². The van der Waals surface area contributed by atoms with Crippen molar-refractivity contribution in [1.82, 2.24) is 19.5 Å². The number of hydrogen-bond acceptors (Lipinski definition) is 5. The van der Waals surface area contributed by atoms with Crippen molar-refractivity contribution < 1.29 is 4.74 Å². The van der Waals surface area contributed by atoms with E-state index in [4.69, 9.17) is 10.5 Å². The molecule has 1 unspecified atom stereocenters. The van der Waals surface area contributed by atoms with Crippen molar-refractivity contribution in [2.24, 2.45) is 5.73 Å². The monoisotopic (exact) mass is 363 g/mol. The third kappa shape index (κ3) is 4.68. The standard InChI is InChI=1S/C14H21N5O2.2ClH/c1-10-6-13-16-11(7-14(20)19(13)17-10)8-18-4-5-21-12(9-18)2-3-15;;/h6-7,12,17H,2-5,8-9,15H2,1H3;2*1H. The van der Waals surface area contributed by atoms with E-state index < -0.39 is 0 Å². The van der Waals surface area contributed by atoms with Gasteiger partial charge in [0, 0.05) is 37.5 Å². The molecule has 0 aromatic carbocycles. The number of fused-ring (bicyclic) bond motifs is 1. The Labute approximate surface area is 147 Å². The Morgan fingerprint density at radius 3 is 2.96 bits per heavy atom. The smallest absolute Gasteiger partial charge is 0.272 e. The highest BCUT2D eigenvalue weighted by Gasteiger charge is 2.20. The Morgan fingerprint density at radius 2 is 2.22 bits per heavy atom. The zero-order valence-electron chi connectivity index (χ0n) is 13.0. The number of rotatable bonds is 4. The summed E-state index contributed by atoms with van der Waals surface area (Å²) >= 11 is 0. The van der Waals surface area contributed by atoms with Crippen molar-refractivity contribution in [2.75, 3.05) is 26.2 Å². The van der Waals surface area contributed by atoms with E-state index in [0.717, 1.165) is 30.9 Å². The molecular formula is C14H23Cl2N5O2. The second-order valence-electron chi connectivity index (χ2n) is 5.52. The van der Waals surface area contributed by atoms with E-state index in [-0.39, 0.29) is 36.5 Å². The number of halogens is 2. The highest BCUT2D eigenvalue weighted by Crippen LogP contribution is 2.11. The first kappa shape index (κ1) is 19.9. The van der Waals surface area contributed by atoms with Crippen LogP contribution in [0.5, 0.6) is 0 Å². The maximum Gasteiger partial charge on any atom is 0.272 e. The lowest BCUT2D eigenvalue weighted by atomic mass is 10.2. The number of H-pyrrole nitrogens is 1. The van der Waals surface area contributed by atoms with Crippen LogP contribution in [0.3, 0.4) is 0 Å². The predicted octanol–water partition coefficient (Wildman–Crippen LogP) is 0.724.